The first-order valence-corrected chi connectivity index (χ1v) is 8.84. The van der Waals surface area contributed by atoms with E-state index in [2.05, 4.69) is 15.5 Å². The molecule has 0 spiro atoms. The zero-order valence-electron chi connectivity index (χ0n) is 14.9. The maximum Gasteiger partial charge on any atom is 0.325 e. The monoisotopic (exact) mass is 418 g/mol. The predicted molar refractivity (Wildman–Crippen MR) is 97.5 cm³/mol. The van der Waals surface area contributed by atoms with Gasteiger partial charge < -0.3 is 9.84 Å². The van der Waals surface area contributed by atoms with Gasteiger partial charge in [0.2, 0.25) is 0 Å². The summed E-state index contributed by atoms with van der Waals surface area (Å²) in [5, 5.41) is 6.36. The first-order chi connectivity index (χ1) is 13.8. The van der Waals surface area contributed by atoms with Crippen molar-refractivity contribution in [3.63, 3.8) is 0 Å². The third kappa shape index (κ3) is 3.33. The number of aromatic nitrogens is 2. The molecule has 0 aliphatic carbocycles. The molecule has 0 bridgehead atoms. The number of carbonyl (C=O) groups excluding carboxylic acids is 2. The van der Waals surface area contributed by atoms with Gasteiger partial charge in [-0.15, -0.1) is 0 Å². The first-order valence-electron chi connectivity index (χ1n) is 8.46. The minimum absolute atomic E-state index is 0.0150. The highest BCUT2D eigenvalue weighted by molar-refractivity contribution is 6.32. The number of nitrogens with one attached hydrogen (secondary N) is 1. The van der Waals surface area contributed by atoms with E-state index < -0.39 is 29.1 Å². The molecule has 148 valence electrons. The molecule has 0 radical (unpaired) electrons. The molecule has 2 aromatic carbocycles. The topological polar surface area (TPSA) is 88.3 Å². The van der Waals surface area contributed by atoms with Gasteiger partial charge in [-0.25, -0.2) is 13.6 Å². The quantitative estimate of drug-likeness (QED) is 0.653. The molecule has 1 aliphatic heterocycles. The lowest BCUT2D eigenvalue weighted by atomic mass is 9.92. The van der Waals surface area contributed by atoms with Gasteiger partial charge in [-0.3, -0.25) is 9.69 Å². The van der Waals surface area contributed by atoms with Crippen molar-refractivity contribution in [2.45, 2.75) is 19.0 Å². The van der Waals surface area contributed by atoms with Crippen LogP contribution >= 0.6 is 11.6 Å². The second-order valence-electron chi connectivity index (χ2n) is 6.59. The molecule has 1 fully saturated rings. The zero-order valence-corrected chi connectivity index (χ0v) is 15.7. The van der Waals surface area contributed by atoms with E-state index in [1.807, 2.05) is 0 Å². The number of hydrogen-bond donors (Lipinski definition) is 1. The van der Waals surface area contributed by atoms with Crippen LogP contribution < -0.4 is 5.32 Å². The molecular formula is C19H13ClF2N4O3. The molecule has 1 atom stereocenters. The lowest BCUT2D eigenvalue weighted by Gasteiger charge is -2.23. The number of benzene rings is 2. The Kier molecular flexibility index (Phi) is 4.54. The summed E-state index contributed by atoms with van der Waals surface area (Å²) in [6, 6.07) is 8.32. The Labute approximate surface area is 168 Å². The molecule has 10 heteroatoms. The van der Waals surface area contributed by atoms with Crippen LogP contribution in [-0.4, -0.2) is 27.0 Å². The first kappa shape index (κ1) is 19.0. The molecule has 2 heterocycles. The van der Waals surface area contributed by atoms with E-state index in [-0.39, 0.29) is 28.8 Å². The minimum Gasteiger partial charge on any atom is -0.334 e. The summed E-state index contributed by atoms with van der Waals surface area (Å²) in [7, 11) is 0. The summed E-state index contributed by atoms with van der Waals surface area (Å²) in [6.07, 6.45) is 0. The summed E-state index contributed by atoms with van der Waals surface area (Å²) in [5.74, 6) is -1.36. The van der Waals surface area contributed by atoms with E-state index in [0.717, 1.165) is 17.0 Å². The standard InChI is InChI=1S/C19H13ClF2N4O3/c1-19(13-7-6-12(22)8-14(13)20)17(27)26(18(28)24-19)9-15-23-16(29-25-15)10-2-4-11(21)5-3-10/h2-8H,9H2,1H3,(H,24,28). The van der Waals surface area contributed by atoms with E-state index in [1.54, 1.807) is 0 Å². The van der Waals surface area contributed by atoms with Crippen LogP contribution in [0.5, 0.6) is 0 Å². The Morgan fingerprint density at radius 3 is 2.52 bits per heavy atom. The molecule has 4 rings (SSSR count). The lowest BCUT2D eigenvalue weighted by molar-refractivity contribution is -0.131. The van der Waals surface area contributed by atoms with Crippen molar-refractivity contribution >= 4 is 23.5 Å². The highest BCUT2D eigenvalue weighted by atomic mass is 35.5. The van der Waals surface area contributed by atoms with Gasteiger partial charge in [0.1, 0.15) is 17.2 Å². The molecular weight excluding hydrogens is 406 g/mol. The summed E-state index contributed by atoms with van der Waals surface area (Å²) < 4.78 is 31.5. The molecule has 1 N–H and O–H groups in total. The molecule has 1 saturated heterocycles. The van der Waals surface area contributed by atoms with E-state index in [0.29, 0.717) is 5.56 Å². The van der Waals surface area contributed by atoms with E-state index in [9.17, 15) is 18.4 Å². The SMILES string of the molecule is CC1(c2ccc(F)cc2Cl)NC(=O)N(Cc2noc(-c3ccc(F)cc3)n2)C1=O. The fourth-order valence-electron chi connectivity index (χ4n) is 3.09. The van der Waals surface area contributed by atoms with E-state index in [1.165, 1.54) is 37.3 Å². The Hall–Kier alpha value is -3.33. The molecule has 7 nitrogen and oxygen atoms in total. The molecule has 1 aromatic heterocycles. The van der Waals surface area contributed by atoms with Crippen LogP contribution in [0.25, 0.3) is 11.5 Å². The van der Waals surface area contributed by atoms with E-state index >= 15 is 0 Å². The third-order valence-corrected chi connectivity index (χ3v) is 4.92. The summed E-state index contributed by atoms with van der Waals surface area (Å²) in [6.45, 7) is 1.23. The molecule has 1 unspecified atom stereocenters. The van der Waals surface area contributed by atoms with Crippen molar-refractivity contribution in [1.29, 1.82) is 0 Å². The number of halogens is 3. The van der Waals surface area contributed by atoms with Crippen LogP contribution in [0.2, 0.25) is 5.02 Å². The van der Waals surface area contributed by atoms with Gasteiger partial charge >= 0.3 is 6.03 Å². The van der Waals surface area contributed by atoms with Crippen molar-refractivity contribution in [1.82, 2.24) is 20.4 Å². The van der Waals surface area contributed by atoms with Crippen LogP contribution in [0, 0.1) is 11.6 Å². The molecule has 3 aromatic rings. The van der Waals surface area contributed by atoms with Crippen LogP contribution in [0.15, 0.2) is 47.0 Å². The Bertz CT molecular complexity index is 1120. The smallest absolute Gasteiger partial charge is 0.325 e. The van der Waals surface area contributed by atoms with Crippen LogP contribution in [0.3, 0.4) is 0 Å². The Morgan fingerprint density at radius 1 is 1.14 bits per heavy atom. The van der Waals surface area contributed by atoms with Crippen LogP contribution in [-0.2, 0) is 16.9 Å². The number of rotatable bonds is 4. The summed E-state index contributed by atoms with van der Waals surface area (Å²) in [5.41, 5.74) is -0.711. The predicted octanol–water partition coefficient (Wildman–Crippen LogP) is 3.64. The number of imide groups is 1. The zero-order chi connectivity index (χ0) is 20.8. The van der Waals surface area contributed by atoms with Crippen molar-refractivity contribution in [3.8, 4) is 11.5 Å². The van der Waals surface area contributed by atoms with Gasteiger partial charge in [0.25, 0.3) is 11.8 Å². The molecule has 3 amide bonds. The van der Waals surface area contributed by atoms with Gasteiger partial charge in [-0.2, -0.15) is 4.98 Å². The van der Waals surface area contributed by atoms with Crippen LogP contribution in [0.4, 0.5) is 13.6 Å². The van der Waals surface area contributed by atoms with Crippen molar-refractivity contribution in [2.24, 2.45) is 0 Å². The average molecular weight is 419 g/mol. The van der Waals surface area contributed by atoms with E-state index in [4.69, 9.17) is 16.1 Å². The maximum atomic E-state index is 13.3. The van der Waals surface area contributed by atoms with Crippen molar-refractivity contribution in [2.75, 3.05) is 0 Å². The second-order valence-corrected chi connectivity index (χ2v) is 7.00. The normalized spacial score (nSPS) is 19.0. The van der Waals surface area contributed by atoms with Crippen molar-refractivity contribution in [3.05, 3.63) is 70.5 Å². The van der Waals surface area contributed by atoms with Gasteiger partial charge in [0, 0.05) is 16.1 Å². The number of urea groups is 1. The van der Waals surface area contributed by atoms with Gasteiger partial charge in [-0.05, 0) is 43.3 Å². The van der Waals surface area contributed by atoms with Crippen molar-refractivity contribution < 1.29 is 22.9 Å². The lowest BCUT2D eigenvalue weighted by Crippen LogP contribution is -2.41. The summed E-state index contributed by atoms with van der Waals surface area (Å²) >= 11 is 6.07. The largest absolute Gasteiger partial charge is 0.334 e. The number of carbonyl (C=O) groups is 2. The Morgan fingerprint density at radius 2 is 1.83 bits per heavy atom. The Balaban J connectivity index is 1.58. The van der Waals surface area contributed by atoms with Gasteiger partial charge in [-0.1, -0.05) is 22.8 Å². The third-order valence-electron chi connectivity index (χ3n) is 4.60. The summed E-state index contributed by atoms with van der Waals surface area (Å²) in [4.78, 5) is 30.4. The number of hydrogen-bond acceptors (Lipinski definition) is 5. The molecule has 0 saturated carbocycles. The molecule has 1 aliphatic rings. The fourth-order valence-corrected chi connectivity index (χ4v) is 3.44. The highest BCUT2D eigenvalue weighted by Gasteiger charge is 2.50. The minimum atomic E-state index is -1.47. The average Bonchev–Trinajstić information content (AvgIpc) is 3.21. The highest BCUT2D eigenvalue weighted by Crippen LogP contribution is 2.34. The fraction of sp³-hybridized carbons (Fsp3) is 0.158. The second kappa shape index (κ2) is 6.93. The van der Waals surface area contributed by atoms with Gasteiger partial charge in [0.15, 0.2) is 5.82 Å². The van der Waals surface area contributed by atoms with Crippen LogP contribution in [0.1, 0.15) is 18.3 Å². The maximum absolute atomic E-state index is 13.3. The molecule has 29 heavy (non-hydrogen) atoms. The van der Waals surface area contributed by atoms with Gasteiger partial charge in [0.05, 0.1) is 6.54 Å². The number of nitrogens with zero attached hydrogens (tertiary/aromatic N) is 3. The number of amides is 3.